The Morgan fingerprint density at radius 2 is 1.57 bits per heavy atom. The zero-order valence-corrected chi connectivity index (χ0v) is 20.7. The molecule has 0 radical (unpaired) electrons. The number of piperidine rings is 2. The second-order valence-electron chi connectivity index (χ2n) is 9.56. The normalized spacial score (nSPS) is 17.5. The van der Waals surface area contributed by atoms with Gasteiger partial charge in [-0.1, -0.05) is 17.7 Å². The zero-order valence-electron chi connectivity index (χ0n) is 20.7. The highest BCUT2D eigenvalue weighted by molar-refractivity contribution is 5.98. The molecule has 7 heteroatoms. The number of ether oxygens (including phenoxy) is 1. The van der Waals surface area contributed by atoms with Gasteiger partial charge in [-0.15, -0.1) is 0 Å². The Kier molecular flexibility index (Phi) is 8.06. The molecule has 35 heavy (non-hydrogen) atoms. The second-order valence-corrected chi connectivity index (χ2v) is 9.56. The van der Waals surface area contributed by atoms with E-state index in [1.165, 1.54) is 0 Å². The summed E-state index contributed by atoms with van der Waals surface area (Å²) in [5.74, 6) is 0.460. The molecule has 2 aliphatic rings. The predicted octanol–water partition coefficient (Wildman–Crippen LogP) is 3.67. The molecule has 0 aromatic heterocycles. The number of rotatable bonds is 6. The lowest BCUT2D eigenvalue weighted by Crippen LogP contribution is -2.55. The average Bonchev–Trinajstić information content (AvgIpc) is 2.91. The third-order valence-electron chi connectivity index (χ3n) is 7.14. The third-order valence-corrected chi connectivity index (χ3v) is 7.14. The van der Waals surface area contributed by atoms with E-state index in [0.29, 0.717) is 42.8 Å². The van der Waals surface area contributed by atoms with Gasteiger partial charge in [0.05, 0.1) is 7.11 Å². The molecule has 0 bridgehead atoms. The predicted molar refractivity (Wildman–Crippen MR) is 134 cm³/mol. The number of nitrogens with one attached hydrogen (secondary N) is 1. The van der Waals surface area contributed by atoms with Crippen LogP contribution in [0.5, 0.6) is 5.75 Å². The van der Waals surface area contributed by atoms with Gasteiger partial charge < -0.3 is 19.9 Å². The molecule has 7 nitrogen and oxygen atoms in total. The third kappa shape index (κ3) is 6.02. The van der Waals surface area contributed by atoms with Crippen LogP contribution in [0.15, 0.2) is 48.5 Å². The summed E-state index contributed by atoms with van der Waals surface area (Å²) in [6, 6.07) is 14.0. The van der Waals surface area contributed by atoms with Gasteiger partial charge in [-0.3, -0.25) is 14.4 Å². The summed E-state index contributed by atoms with van der Waals surface area (Å²) in [7, 11) is 1.60. The van der Waals surface area contributed by atoms with Crippen LogP contribution in [0.1, 0.15) is 58.4 Å². The topological polar surface area (TPSA) is 79.0 Å². The van der Waals surface area contributed by atoms with Crippen LogP contribution in [-0.4, -0.2) is 66.9 Å². The summed E-state index contributed by atoms with van der Waals surface area (Å²) in [5, 5.41) is 3.07. The highest BCUT2D eigenvalue weighted by atomic mass is 16.5. The van der Waals surface area contributed by atoms with Crippen molar-refractivity contribution in [3.8, 4) is 5.75 Å². The largest absolute Gasteiger partial charge is 0.497 e. The monoisotopic (exact) mass is 477 g/mol. The SMILES string of the molecule is COc1ccc(C(=O)N2CCC(C(NC(=O)c3cccc(C)c3)C(=O)N3CCCCC3)CC2)cc1. The molecule has 0 saturated carbocycles. The number of carbonyl (C=O) groups excluding carboxylic acids is 3. The molecule has 2 aromatic rings. The summed E-state index contributed by atoms with van der Waals surface area (Å²) >= 11 is 0. The van der Waals surface area contributed by atoms with Crippen molar-refractivity contribution in [2.45, 2.75) is 45.1 Å². The van der Waals surface area contributed by atoms with Crippen LogP contribution in [0.25, 0.3) is 0 Å². The lowest BCUT2D eigenvalue weighted by molar-refractivity contribution is -0.136. The summed E-state index contributed by atoms with van der Waals surface area (Å²) in [4.78, 5) is 43.4. The summed E-state index contributed by atoms with van der Waals surface area (Å²) in [6.45, 7) is 4.54. The maximum atomic E-state index is 13.5. The summed E-state index contributed by atoms with van der Waals surface area (Å²) in [5.41, 5.74) is 2.19. The lowest BCUT2D eigenvalue weighted by atomic mass is 9.87. The highest BCUT2D eigenvalue weighted by Crippen LogP contribution is 2.25. The minimum Gasteiger partial charge on any atom is -0.497 e. The van der Waals surface area contributed by atoms with Gasteiger partial charge in [0.25, 0.3) is 11.8 Å². The quantitative estimate of drug-likeness (QED) is 0.689. The van der Waals surface area contributed by atoms with E-state index in [0.717, 1.165) is 37.9 Å². The Balaban J connectivity index is 1.45. The van der Waals surface area contributed by atoms with Gasteiger partial charge >= 0.3 is 0 Å². The number of methoxy groups -OCH3 is 1. The number of likely N-dealkylation sites (tertiary alicyclic amines) is 2. The molecule has 3 amide bonds. The first-order chi connectivity index (χ1) is 17.0. The van der Waals surface area contributed by atoms with Crippen molar-refractivity contribution in [3.63, 3.8) is 0 Å². The molecule has 1 unspecified atom stereocenters. The molecular weight excluding hydrogens is 442 g/mol. The fourth-order valence-electron chi connectivity index (χ4n) is 5.06. The first-order valence-electron chi connectivity index (χ1n) is 12.6. The van der Waals surface area contributed by atoms with Gasteiger partial charge in [0, 0.05) is 37.3 Å². The van der Waals surface area contributed by atoms with Crippen LogP contribution in [0, 0.1) is 12.8 Å². The number of hydrogen-bond donors (Lipinski definition) is 1. The molecule has 1 atom stereocenters. The van der Waals surface area contributed by atoms with Crippen molar-refractivity contribution in [2.75, 3.05) is 33.3 Å². The zero-order chi connectivity index (χ0) is 24.8. The minimum atomic E-state index is -0.584. The molecule has 0 spiro atoms. The molecule has 2 heterocycles. The average molecular weight is 478 g/mol. The van der Waals surface area contributed by atoms with Crippen molar-refractivity contribution in [3.05, 3.63) is 65.2 Å². The van der Waals surface area contributed by atoms with Crippen LogP contribution in [-0.2, 0) is 4.79 Å². The number of nitrogens with zero attached hydrogens (tertiary/aromatic N) is 2. The van der Waals surface area contributed by atoms with Crippen molar-refractivity contribution in [1.29, 1.82) is 0 Å². The smallest absolute Gasteiger partial charge is 0.253 e. The van der Waals surface area contributed by atoms with E-state index in [-0.39, 0.29) is 23.6 Å². The second kappa shape index (κ2) is 11.4. The minimum absolute atomic E-state index is 0.00522. The van der Waals surface area contributed by atoms with Crippen molar-refractivity contribution in [2.24, 2.45) is 5.92 Å². The molecule has 186 valence electrons. The maximum absolute atomic E-state index is 13.5. The van der Waals surface area contributed by atoms with Crippen LogP contribution in [0.3, 0.4) is 0 Å². The Labute approximate surface area is 207 Å². The molecular formula is C28H35N3O4. The molecule has 0 aliphatic carbocycles. The molecule has 1 N–H and O–H groups in total. The van der Waals surface area contributed by atoms with Crippen molar-refractivity contribution in [1.82, 2.24) is 15.1 Å². The van der Waals surface area contributed by atoms with E-state index < -0.39 is 6.04 Å². The first kappa shape index (κ1) is 24.8. The number of carbonyl (C=O) groups is 3. The standard InChI is InChI=1S/C28H35N3O4/c1-20-7-6-8-23(19-20)26(32)29-25(28(34)30-15-4-3-5-16-30)21-13-17-31(18-14-21)27(33)22-9-11-24(35-2)12-10-22/h6-12,19,21,25H,3-5,13-18H2,1-2H3,(H,29,32). The van der Waals surface area contributed by atoms with Gasteiger partial charge in [-0.2, -0.15) is 0 Å². The Morgan fingerprint density at radius 1 is 0.886 bits per heavy atom. The van der Waals surface area contributed by atoms with Gasteiger partial charge in [0.2, 0.25) is 5.91 Å². The molecule has 2 aromatic carbocycles. The van der Waals surface area contributed by atoms with Crippen LogP contribution >= 0.6 is 0 Å². The number of benzene rings is 2. The highest BCUT2D eigenvalue weighted by Gasteiger charge is 2.36. The molecule has 2 aliphatic heterocycles. The molecule has 2 fully saturated rings. The van der Waals surface area contributed by atoms with Gasteiger partial charge in [-0.25, -0.2) is 0 Å². The van der Waals surface area contributed by atoms with Crippen LogP contribution < -0.4 is 10.1 Å². The van der Waals surface area contributed by atoms with Gasteiger partial charge in [0.15, 0.2) is 0 Å². The van der Waals surface area contributed by atoms with E-state index in [1.807, 2.05) is 34.9 Å². The molecule has 4 rings (SSSR count). The number of hydrogen-bond acceptors (Lipinski definition) is 4. The fourth-order valence-corrected chi connectivity index (χ4v) is 5.06. The van der Waals surface area contributed by atoms with Crippen LogP contribution in [0.2, 0.25) is 0 Å². The first-order valence-corrected chi connectivity index (χ1v) is 12.6. The van der Waals surface area contributed by atoms with Gasteiger partial charge in [-0.05, 0) is 81.3 Å². The van der Waals surface area contributed by atoms with E-state index in [1.54, 1.807) is 37.4 Å². The van der Waals surface area contributed by atoms with E-state index in [9.17, 15) is 14.4 Å². The van der Waals surface area contributed by atoms with Crippen molar-refractivity contribution < 1.29 is 19.1 Å². The Morgan fingerprint density at radius 3 is 2.20 bits per heavy atom. The lowest BCUT2D eigenvalue weighted by Gasteiger charge is -2.38. The van der Waals surface area contributed by atoms with Gasteiger partial charge in [0.1, 0.15) is 11.8 Å². The van der Waals surface area contributed by atoms with E-state index in [4.69, 9.17) is 4.74 Å². The van der Waals surface area contributed by atoms with Crippen LogP contribution in [0.4, 0.5) is 0 Å². The van der Waals surface area contributed by atoms with E-state index in [2.05, 4.69) is 5.32 Å². The summed E-state index contributed by atoms with van der Waals surface area (Å²) in [6.07, 6.45) is 4.47. The maximum Gasteiger partial charge on any atom is 0.253 e. The fraction of sp³-hybridized carbons (Fsp3) is 0.464. The Bertz CT molecular complexity index is 1040. The molecule has 2 saturated heterocycles. The number of amides is 3. The van der Waals surface area contributed by atoms with E-state index >= 15 is 0 Å². The Hall–Kier alpha value is -3.35. The summed E-state index contributed by atoms with van der Waals surface area (Å²) < 4.78 is 5.18. The van der Waals surface area contributed by atoms with Crippen molar-refractivity contribution >= 4 is 17.7 Å². The number of aryl methyl sites for hydroxylation is 1.